The number of nitrogens with one attached hydrogen (secondary N) is 1. The Morgan fingerprint density at radius 2 is 1.81 bits per heavy atom. The second kappa shape index (κ2) is 10.1. The highest BCUT2D eigenvalue weighted by Crippen LogP contribution is 2.09. The van der Waals surface area contributed by atoms with Crippen molar-refractivity contribution in [2.75, 3.05) is 53.9 Å². The molecule has 0 amide bonds. The maximum atomic E-state index is 3.25. The average molecular weight is 229 g/mol. The van der Waals surface area contributed by atoms with E-state index < -0.39 is 0 Å². The van der Waals surface area contributed by atoms with E-state index in [1.165, 1.54) is 32.5 Å². The topological polar surface area (TPSA) is 18.5 Å². The Morgan fingerprint density at radius 3 is 2.25 bits per heavy atom. The third-order valence-electron chi connectivity index (χ3n) is 3.21. The molecule has 1 unspecified atom stereocenters. The Hall–Kier alpha value is -0.120. The van der Waals surface area contributed by atoms with Gasteiger partial charge in [-0.1, -0.05) is 20.3 Å². The Kier molecular flexibility index (Phi) is 9.99. The van der Waals surface area contributed by atoms with Crippen LogP contribution in [-0.2, 0) is 0 Å². The fourth-order valence-corrected chi connectivity index (χ4v) is 1.86. The summed E-state index contributed by atoms with van der Waals surface area (Å²) in [7, 11) is 6.33. The molecule has 3 nitrogen and oxygen atoms in total. The first-order valence-corrected chi connectivity index (χ1v) is 6.65. The standard InChI is InChI=1S/C13H31N3/c1-6-13(8-9-14-3)12-16(7-2)11-10-15(4)5/h13-14H,6-12H2,1-5H3. The number of hydrogen-bond donors (Lipinski definition) is 1. The molecular weight excluding hydrogens is 198 g/mol. The van der Waals surface area contributed by atoms with Crippen LogP contribution in [0.3, 0.4) is 0 Å². The van der Waals surface area contributed by atoms with Gasteiger partial charge in [0.05, 0.1) is 0 Å². The molecule has 0 bridgehead atoms. The molecular formula is C13H31N3. The van der Waals surface area contributed by atoms with Crippen molar-refractivity contribution in [3.8, 4) is 0 Å². The van der Waals surface area contributed by atoms with Crippen LogP contribution >= 0.6 is 0 Å². The minimum atomic E-state index is 0.842. The molecule has 0 rings (SSSR count). The molecule has 0 fully saturated rings. The minimum absolute atomic E-state index is 0.842. The van der Waals surface area contributed by atoms with E-state index in [0.717, 1.165) is 19.0 Å². The average Bonchev–Trinajstić information content (AvgIpc) is 2.28. The Labute approximate surface area is 102 Å². The molecule has 1 N–H and O–H groups in total. The zero-order valence-electron chi connectivity index (χ0n) is 11.9. The summed E-state index contributed by atoms with van der Waals surface area (Å²) in [4.78, 5) is 4.83. The van der Waals surface area contributed by atoms with Crippen molar-refractivity contribution in [2.24, 2.45) is 5.92 Å². The van der Waals surface area contributed by atoms with Crippen LogP contribution in [0.4, 0.5) is 0 Å². The predicted octanol–water partition coefficient (Wildman–Crippen LogP) is 1.51. The van der Waals surface area contributed by atoms with Gasteiger partial charge in [-0.15, -0.1) is 0 Å². The Bertz CT molecular complexity index is 148. The summed E-state index contributed by atoms with van der Waals surface area (Å²) in [6.07, 6.45) is 2.59. The van der Waals surface area contributed by atoms with Crippen LogP contribution in [0.25, 0.3) is 0 Å². The molecule has 98 valence electrons. The summed E-state index contributed by atoms with van der Waals surface area (Å²) in [6.45, 7) is 10.5. The van der Waals surface area contributed by atoms with Crippen LogP contribution in [0.2, 0.25) is 0 Å². The van der Waals surface area contributed by atoms with Crippen molar-refractivity contribution < 1.29 is 0 Å². The summed E-state index contributed by atoms with van der Waals surface area (Å²) < 4.78 is 0. The number of nitrogens with zero attached hydrogens (tertiary/aromatic N) is 2. The van der Waals surface area contributed by atoms with Gasteiger partial charge in [0.15, 0.2) is 0 Å². The summed E-state index contributed by atoms with van der Waals surface area (Å²) in [5.41, 5.74) is 0. The van der Waals surface area contributed by atoms with Crippen molar-refractivity contribution in [3.63, 3.8) is 0 Å². The molecule has 0 aliphatic rings. The summed E-state index contributed by atoms with van der Waals surface area (Å²) in [5.74, 6) is 0.842. The SMILES string of the molecule is CCC(CCNC)CN(CC)CCN(C)C. The quantitative estimate of drug-likeness (QED) is 0.612. The smallest absolute Gasteiger partial charge is 0.0109 e. The molecule has 0 aromatic carbocycles. The van der Waals surface area contributed by atoms with E-state index in [4.69, 9.17) is 0 Å². The van der Waals surface area contributed by atoms with Crippen LogP contribution in [-0.4, -0.2) is 63.7 Å². The zero-order valence-corrected chi connectivity index (χ0v) is 11.9. The van der Waals surface area contributed by atoms with Crippen molar-refractivity contribution in [3.05, 3.63) is 0 Å². The van der Waals surface area contributed by atoms with Crippen molar-refractivity contribution in [1.82, 2.24) is 15.1 Å². The van der Waals surface area contributed by atoms with Crippen LogP contribution in [0.5, 0.6) is 0 Å². The minimum Gasteiger partial charge on any atom is -0.320 e. The van der Waals surface area contributed by atoms with Crippen molar-refractivity contribution in [1.29, 1.82) is 0 Å². The molecule has 0 aromatic rings. The normalized spacial score (nSPS) is 13.7. The summed E-state index contributed by atoms with van der Waals surface area (Å²) in [5, 5.41) is 3.25. The monoisotopic (exact) mass is 229 g/mol. The lowest BCUT2D eigenvalue weighted by molar-refractivity contribution is 0.209. The summed E-state index contributed by atoms with van der Waals surface area (Å²) in [6, 6.07) is 0. The largest absolute Gasteiger partial charge is 0.320 e. The lowest BCUT2D eigenvalue weighted by Crippen LogP contribution is -2.35. The maximum absolute atomic E-state index is 3.25. The van der Waals surface area contributed by atoms with Crippen LogP contribution in [0, 0.1) is 5.92 Å². The summed E-state index contributed by atoms with van der Waals surface area (Å²) >= 11 is 0. The van der Waals surface area contributed by atoms with Crippen LogP contribution < -0.4 is 5.32 Å². The lowest BCUT2D eigenvalue weighted by Gasteiger charge is -2.27. The molecule has 0 aliphatic carbocycles. The van der Waals surface area contributed by atoms with Gasteiger partial charge in [0.1, 0.15) is 0 Å². The fourth-order valence-electron chi connectivity index (χ4n) is 1.86. The van der Waals surface area contributed by atoms with E-state index in [1.807, 2.05) is 7.05 Å². The lowest BCUT2D eigenvalue weighted by atomic mass is 10.0. The van der Waals surface area contributed by atoms with Gasteiger partial charge in [0.2, 0.25) is 0 Å². The molecule has 16 heavy (non-hydrogen) atoms. The highest BCUT2D eigenvalue weighted by molar-refractivity contribution is 4.66. The molecule has 0 heterocycles. The van der Waals surface area contributed by atoms with Gasteiger partial charge in [-0.25, -0.2) is 0 Å². The third-order valence-corrected chi connectivity index (χ3v) is 3.21. The van der Waals surface area contributed by atoms with E-state index >= 15 is 0 Å². The second-order valence-electron chi connectivity index (χ2n) is 4.86. The highest BCUT2D eigenvalue weighted by atomic mass is 15.2. The second-order valence-corrected chi connectivity index (χ2v) is 4.86. The first kappa shape index (κ1) is 15.9. The molecule has 0 saturated carbocycles. The van der Waals surface area contributed by atoms with Crippen LogP contribution in [0.1, 0.15) is 26.7 Å². The first-order chi connectivity index (χ1) is 7.63. The fraction of sp³-hybridized carbons (Fsp3) is 1.00. The molecule has 0 radical (unpaired) electrons. The van der Waals surface area contributed by atoms with E-state index in [-0.39, 0.29) is 0 Å². The number of rotatable bonds is 10. The molecule has 1 atom stereocenters. The van der Waals surface area contributed by atoms with E-state index in [2.05, 4.69) is 43.1 Å². The van der Waals surface area contributed by atoms with E-state index in [1.54, 1.807) is 0 Å². The van der Waals surface area contributed by atoms with Gasteiger partial charge in [0.25, 0.3) is 0 Å². The van der Waals surface area contributed by atoms with E-state index in [0.29, 0.717) is 0 Å². The van der Waals surface area contributed by atoms with Crippen molar-refractivity contribution >= 4 is 0 Å². The first-order valence-electron chi connectivity index (χ1n) is 6.65. The maximum Gasteiger partial charge on any atom is 0.0109 e. The zero-order chi connectivity index (χ0) is 12.4. The molecule has 0 aliphatic heterocycles. The van der Waals surface area contributed by atoms with Gasteiger partial charge in [-0.05, 0) is 46.6 Å². The van der Waals surface area contributed by atoms with Gasteiger partial charge in [-0.3, -0.25) is 0 Å². The Balaban J connectivity index is 3.86. The molecule has 0 aromatic heterocycles. The van der Waals surface area contributed by atoms with Gasteiger partial charge in [0, 0.05) is 19.6 Å². The van der Waals surface area contributed by atoms with Gasteiger partial charge < -0.3 is 15.1 Å². The van der Waals surface area contributed by atoms with Gasteiger partial charge >= 0.3 is 0 Å². The highest BCUT2D eigenvalue weighted by Gasteiger charge is 2.11. The molecule has 0 spiro atoms. The van der Waals surface area contributed by atoms with Crippen molar-refractivity contribution in [2.45, 2.75) is 26.7 Å². The van der Waals surface area contributed by atoms with E-state index in [9.17, 15) is 0 Å². The number of hydrogen-bond acceptors (Lipinski definition) is 3. The third kappa shape index (κ3) is 8.08. The number of likely N-dealkylation sites (N-methyl/N-ethyl adjacent to an activating group) is 2. The predicted molar refractivity (Wildman–Crippen MR) is 73.0 cm³/mol. The molecule has 0 saturated heterocycles. The Morgan fingerprint density at radius 1 is 1.12 bits per heavy atom. The van der Waals surface area contributed by atoms with Gasteiger partial charge in [-0.2, -0.15) is 0 Å². The van der Waals surface area contributed by atoms with Crippen LogP contribution in [0.15, 0.2) is 0 Å². The molecule has 3 heteroatoms.